The number of imide groups is 2. The molecule has 4 aromatic carbocycles. The summed E-state index contributed by atoms with van der Waals surface area (Å²) < 4.78 is 0. The van der Waals surface area contributed by atoms with Crippen LogP contribution in [0.25, 0.3) is 21.5 Å². The molecule has 0 saturated carbocycles. The van der Waals surface area contributed by atoms with Crippen molar-refractivity contribution in [2.24, 2.45) is 0 Å². The zero-order chi connectivity index (χ0) is 34.4. The molecule has 2 aliphatic rings. The summed E-state index contributed by atoms with van der Waals surface area (Å²) in [6.07, 6.45) is 0. The largest absolute Gasteiger partial charge is 0.440 e. The van der Waals surface area contributed by atoms with Crippen LogP contribution in [0.2, 0.25) is 0 Å². The van der Waals surface area contributed by atoms with Crippen molar-refractivity contribution < 1.29 is 51.9 Å². The van der Waals surface area contributed by atoms with Gasteiger partial charge in [-0.2, -0.15) is 0 Å². The fourth-order valence-electron chi connectivity index (χ4n) is 4.63. The molecule has 0 saturated heterocycles. The third kappa shape index (κ3) is 8.96. The van der Waals surface area contributed by atoms with Gasteiger partial charge in [0.2, 0.25) is 11.8 Å². The predicted octanol–water partition coefficient (Wildman–Crippen LogP) is 9.22. The Balaban J connectivity index is 0.000000725. The minimum atomic E-state index is -0.339. The predicted molar refractivity (Wildman–Crippen MR) is 187 cm³/mol. The molecule has 0 N–H and O–H groups in total. The van der Waals surface area contributed by atoms with E-state index >= 15 is 0 Å². The molecule has 1 radical (unpaired) electrons. The van der Waals surface area contributed by atoms with Crippen LogP contribution in [0.15, 0.2) is 72.8 Å². The number of hydrogen-bond donors (Lipinski definition) is 0. The first-order valence-electron chi connectivity index (χ1n) is 15.9. The maximum atomic E-state index is 12.6. The minimum Gasteiger partial charge on any atom is -0.440 e. The monoisotopic (exact) mass is 700 g/mol. The van der Waals surface area contributed by atoms with Crippen molar-refractivity contribution >= 4 is 45.2 Å². The van der Waals surface area contributed by atoms with E-state index in [2.05, 4.69) is 14.1 Å². The molecule has 7 nitrogen and oxygen atoms in total. The number of nitrogens with zero attached hydrogens (tertiary/aromatic N) is 3. The second-order valence-electron chi connectivity index (χ2n) is 9.32. The quantitative estimate of drug-likeness (QED) is 0.157. The Morgan fingerprint density at radius 2 is 0.848 bits per heavy atom. The molecule has 0 unspecified atom stereocenters. The third-order valence-electron chi connectivity index (χ3n) is 6.77. The Bertz CT molecular complexity index is 1520. The molecule has 6 rings (SSSR count). The van der Waals surface area contributed by atoms with Gasteiger partial charge in [0.25, 0.3) is 11.8 Å². The van der Waals surface area contributed by atoms with Crippen LogP contribution < -0.4 is 0 Å². The van der Waals surface area contributed by atoms with Gasteiger partial charge in [-0.25, -0.2) is 7.05 Å². The van der Waals surface area contributed by atoms with Gasteiger partial charge in [0.05, 0.1) is 6.67 Å². The van der Waals surface area contributed by atoms with Crippen LogP contribution in [-0.4, -0.2) is 51.0 Å². The van der Waals surface area contributed by atoms with E-state index in [-0.39, 0.29) is 69.0 Å². The summed E-state index contributed by atoms with van der Waals surface area (Å²) in [7, 11) is 7.37. The summed E-state index contributed by atoms with van der Waals surface area (Å²) in [5.74, 6) is -1.18. The van der Waals surface area contributed by atoms with Gasteiger partial charge in [0, 0.05) is 65.7 Å². The van der Waals surface area contributed by atoms with Crippen molar-refractivity contribution in [2.75, 3.05) is 6.67 Å². The molecule has 0 aromatic heterocycles. The van der Waals surface area contributed by atoms with E-state index in [1.165, 1.54) is 4.90 Å². The minimum absolute atomic E-state index is 0. The topological polar surface area (TPSA) is 78.0 Å². The van der Waals surface area contributed by atoms with Gasteiger partial charge in [-0.05, 0) is 41.1 Å². The van der Waals surface area contributed by atoms with Crippen LogP contribution in [0.1, 0.15) is 111 Å². The maximum Gasteiger partial charge on any atom is 0.262 e. The van der Waals surface area contributed by atoms with Crippen molar-refractivity contribution in [1.82, 2.24) is 14.7 Å². The van der Waals surface area contributed by atoms with Crippen LogP contribution in [-0.2, 0) is 32.7 Å². The van der Waals surface area contributed by atoms with E-state index in [1.807, 2.05) is 118 Å². The van der Waals surface area contributed by atoms with Gasteiger partial charge in [0.15, 0.2) is 0 Å². The molecule has 8 heteroatoms. The molecule has 2 heterocycles. The fourth-order valence-corrected chi connectivity index (χ4v) is 4.63. The number of carbonyl (C=O) groups excluding carboxylic acids is 4. The number of benzene rings is 4. The number of carbonyl (C=O) groups is 4. The molecule has 0 bridgehead atoms. The van der Waals surface area contributed by atoms with E-state index < -0.39 is 0 Å². The molecule has 4 amide bonds. The summed E-state index contributed by atoms with van der Waals surface area (Å²) in [6.45, 7) is 20.1. The Hall–Kier alpha value is -3.26. The average Bonchev–Trinajstić information content (AvgIpc) is 3.10. The molecule has 0 atom stereocenters. The molecule has 0 spiro atoms. The van der Waals surface area contributed by atoms with Gasteiger partial charge in [0.1, 0.15) is 0 Å². The van der Waals surface area contributed by atoms with Gasteiger partial charge in [-0.3, -0.25) is 31.1 Å². The average molecular weight is 701 g/mol. The number of rotatable bonds is 3. The number of hydrogen-bond acceptors (Lipinski definition) is 5. The zero-order valence-corrected chi connectivity index (χ0v) is 32.0. The summed E-state index contributed by atoms with van der Waals surface area (Å²) in [6, 6.07) is 22.1. The van der Waals surface area contributed by atoms with E-state index in [0.717, 1.165) is 26.4 Å². The standard InChI is InChI=1S/C17H17N2O2.C13H8NO2.4C2H6.Y/c1-11(2)18(3)10-19-16(20)13-8-4-6-12-7-5-9-14(15(12)13)17(19)21;1-14-12(15)9-6-2-4-8-5-3-7-10(11(8)9)13(14)16;4*1-2;/h4-9,11H,3,10H2,1-2H3;2-7H,1H2;4*1-2H3;/q2*-1;;;;;. The first kappa shape index (κ1) is 42.7. The Morgan fingerprint density at radius 3 is 1.13 bits per heavy atom. The first-order valence-corrected chi connectivity index (χ1v) is 15.9. The molecular formula is C38H49N3O4Y-2. The summed E-state index contributed by atoms with van der Waals surface area (Å²) in [5, 5.41) is 3.32. The van der Waals surface area contributed by atoms with Crippen molar-refractivity contribution in [2.45, 2.75) is 75.3 Å². The smallest absolute Gasteiger partial charge is 0.262 e. The molecule has 0 fully saturated rings. The number of amides is 4. The van der Waals surface area contributed by atoms with Gasteiger partial charge >= 0.3 is 0 Å². The van der Waals surface area contributed by atoms with Crippen molar-refractivity contribution in [3.05, 3.63) is 109 Å². The van der Waals surface area contributed by atoms with Gasteiger partial charge in [-0.15, -0.1) is 0 Å². The van der Waals surface area contributed by atoms with Crippen LogP contribution in [0.5, 0.6) is 0 Å². The molecule has 2 aliphatic heterocycles. The van der Waals surface area contributed by atoms with Crippen molar-refractivity contribution in [3.8, 4) is 0 Å². The van der Waals surface area contributed by atoms with Gasteiger partial charge in [-0.1, -0.05) is 118 Å². The fraction of sp³-hybridized carbons (Fsp3) is 0.316. The second kappa shape index (κ2) is 20.8. The van der Waals surface area contributed by atoms with Crippen molar-refractivity contribution in [1.29, 1.82) is 0 Å². The molecule has 245 valence electrons. The Morgan fingerprint density at radius 1 is 0.565 bits per heavy atom. The van der Waals surface area contributed by atoms with E-state index in [1.54, 1.807) is 29.2 Å². The Labute approximate surface area is 301 Å². The second-order valence-corrected chi connectivity index (χ2v) is 9.32. The van der Waals surface area contributed by atoms with E-state index in [0.29, 0.717) is 22.3 Å². The molecule has 0 aliphatic carbocycles. The van der Waals surface area contributed by atoms with Crippen LogP contribution in [0, 0.1) is 14.1 Å². The van der Waals surface area contributed by atoms with E-state index in [4.69, 9.17) is 0 Å². The van der Waals surface area contributed by atoms with Crippen LogP contribution >= 0.6 is 0 Å². The van der Waals surface area contributed by atoms with Crippen molar-refractivity contribution in [3.63, 3.8) is 0 Å². The molecule has 46 heavy (non-hydrogen) atoms. The van der Waals surface area contributed by atoms with Crippen LogP contribution in [0.4, 0.5) is 0 Å². The Kier molecular flexibility index (Phi) is 19.3. The maximum absolute atomic E-state index is 12.6. The van der Waals surface area contributed by atoms with Crippen LogP contribution in [0.3, 0.4) is 0 Å². The van der Waals surface area contributed by atoms with Gasteiger partial charge < -0.3 is 9.80 Å². The zero-order valence-electron chi connectivity index (χ0n) is 29.2. The normalized spacial score (nSPS) is 12.3. The summed E-state index contributed by atoms with van der Waals surface area (Å²) >= 11 is 0. The molecule has 4 aromatic rings. The summed E-state index contributed by atoms with van der Waals surface area (Å²) in [5.41, 5.74) is 2.25. The molecular weight excluding hydrogens is 651 g/mol. The summed E-state index contributed by atoms with van der Waals surface area (Å²) in [4.78, 5) is 52.9. The third-order valence-corrected chi connectivity index (χ3v) is 6.77. The van der Waals surface area contributed by atoms with E-state index in [9.17, 15) is 19.2 Å². The first-order chi connectivity index (χ1) is 21.7. The SMILES string of the molecule is CC.CC.CC.CC.[CH2-]N(CN1C(=O)c2cccc3cccc(c23)C1=O)C(C)C.[CH2-]N1C(=O)c2cccc3cccc(c23)C1=O.[Y].